The minimum Gasteiger partial charge on any atom is -0.354 e. The molecule has 0 aliphatic rings. The van der Waals surface area contributed by atoms with Crippen LogP contribution in [0.25, 0.3) is 43.6 Å². The Hall–Kier alpha value is -2.74. The van der Waals surface area contributed by atoms with Crippen molar-refractivity contribution < 1.29 is 0 Å². The summed E-state index contributed by atoms with van der Waals surface area (Å²) in [5, 5.41) is 5.14. The first kappa shape index (κ1) is 10.1. The van der Waals surface area contributed by atoms with Gasteiger partial charge in [-0.2, -0.15) is 0 Å². The van der Waals surface area contributed by atoms with Crippen LogP contribution in [0, 0.1) is 0 Å². The lowest BCUT2D eigenvalue weighted by Crippen LogP contribution is -1.71. The van der Waals surface area contributed by atoms with Gasteiger partial charge in [-0.3, -0.25) is 0 Å². The highest BCUT2D eigenvalue weighted by Gasteiger charge is 2.11. The first-order valence-electron chi connectivity index (χ1n) is 6.82. The Bertz CT molecular complexity index is 1100. The molecule has 5 rings (SSSR count). The van der Waals surface area contributed by atoms with Gasteiger partial charge in [0.15, 0.2) is 0 Å². The number of benzene rings is 3. The molecular weight excluding hydrogens is 244 g/mol. The lowest BCUT2D eigenvalue weighted by Gasteiger charge is -1.94. The Morgan fingerprint density at radius 2 is 1.20 bits per heavy atom. The van der Waals surface area contributed by atoms with E-state index in [1.54, 1.807) is 0 Å². The fourth-order valence-electron chi connectivity index (χ4n) is 3.26. The standard InChI is InChI=1S/C18H12N2/c1-3-7-14-11(5-1)12-9-10-16-17(18(12)20-14)13-6-2-4-8-15(13)19-16/h1-10,19-20H. The number of hydrogen-bond acceptors (Lipinski definition) is 0. The summed E-state index contributed by atoms with van der Waals surface area (Å²) >= 11 is 0. The third-order valence-corrected chi connectivity index (χ3v) is 4.15. The second kappa shape index (κ2) is 3.42. The maximum atomic E-state index is 3.58. The molecule has 0 fully saturated rings. The van der Waals surface area contributed by atoms with Crippen molar-refractivity contribution in [2.75, 3.05) is 0 Å². The monoisotopic (exact) mass is 256 g/mol. The van der Waals surface area contributed by atoms with Crippen molar-refractivity contribution in [2.24, 2.45) is 0 Å². The van der Waals surface area contributed by atoms with Crippen molar-refractivity contribution in [3.05, 3.63) is 60.7 Å². The zero-order valence-electron chi connectivity index (χ0n) is 10.8. The smallest absolute Gasteiger partial charge is 0.0566 e. The van der Waals surface area contributed by atoms with Crippen LogP contribution >= 0.6 is 0 Å². The predicted octanol–water partition coefficient (Wildman–Crippen LogP) is 4.96. The zero-order chi connectivity index (χ0) is 13.1. The molecule has 0 spiro atoms. The molecule has 2 heterocycles. The van der Waals surface area contributed by atoms with Crippen LogP contribution in [0.2, 0.25) is 0 Å². The predicted molar refractivity (Wildman–Crippen MR) is 85.2 cm³/mol. The molecule has 0 aliphatic heterocycles. The lowest BCUT2D eigenvalue weighted by molar-refractivity contribution is 1.54. The molecule has 0 bridgehead atoms. The first-order chi connectivity index (χ1) is 9.92. The summed E-state index contributed by atoms with van der Waals surface area (Å²) in [5.74, 6) is 0. The third-order valence-electron chi connectivity index (χ3n) is 4.15. The van der Waals surface area contributed by atoms with Gasteiger partial charge in [-0.25, -0.2) is 0 Å². The molecule has 2 N–H and O–H groups in total. The Balaban J connectivity index is 2.14. The highest BCUT2D eigenvalue weighted by Crippen LogP contribution is 2.35. The molecule has 0 radical (unpaired) electrons. The van der Waals surface area contributed by atoms with Gasteiger partial charge < -0.3 is 9.97 Å². The molecule has 5 aromatic rings. The maximum absolute atomic E-state index is 3.58. The van der Waals surface area contributed by atoms with E-state index < -0.39 is 0 Å². The van der Waals surface area contributed by atoms with E-state index in [4.69, 9.17) is 0 Å². The molecule has 2 heteroatoms. The number of para-hydroxylation sites is 2. The summed E-state index contributed by atoms with van der Waals surface area (Å²) in [7, 11) is 0. The van der Waals surface area contributed by atoms with E-state index >= 15 is 0 Å². The summed E-state index contributed by atoms with van der Waals surface area (Å²) in [5.41, 5.74) is 4.79. The van der Waals surface area contributed by atoms with E-state index in [9.17, 15) is 0 Å². The number of aromatic nitrogens is 2. The molecule has 94 valence electrons. The summed E-state index contributed by atoms with van der Waals surface area (Å²) in [4.78, 5) is 7.07. The molecular formula is C18H12N2. The van der Waals surface area contributed by atoms with Crippen LogP contribution in [0.3, 0.4) is 0 Å². The number of H-pyrrole nitrogens is 2. The van der Waals surface area contributed by atoms with Crippen LogP contribution in [0.5, 0.6) is 0 Å². The van der Waals surface area contributed by atoms with Crippen molar-refractivity contribution in [3.63, 3.8) is 0 Å². The van der Waals surface area contributed by atoms with Gasteiger partial charge in [-0.05, 0) is 18.2 Å². The minimum atomic E-state index is 1.19. The molecule has 0 aliphatic carbocycles. The highest BCUT2D eigenvalue weighted by molar-refractivity contribution is 6.24. The van der Waals surface area contributed by atoms with Crippen LogP contribution in [-0.4, -0.2) is 9.97 Å². The molecule has 0 saturated heterocycles. The summed E-state index contributed by atoms with van der Waals surface area (Å²) in [6, 6.07) is 21.3. The number of hydrogen-bond donors (Lipinski definition) is 2. The van der Waals surface area contributed by atoms with Gasteiger partial charge >= 0.3 is 0 Å². The van der Waals surface area contributed by atoms with Crippen LogP contribution in [0.15, 0.2) is 60.7 Å². The average molecular weight is 256 g/mol. The normalized spacial score (nSPS) is 12.0. The number of nitrogens with one attached hydrogen (secondary N) is 2. The second-order valence-corrected chi connectivity index (χ2v) is 5.25. The molecule has 20 heavy (non-hydrogen) atoms. The SMILES string of the molecule is c1ccc2c(c1)[nH]c1c2ccc2[nH]c3ccccc3c21. The van der Waals surface area contributed by atoms with Gasteiger partial charge in [0.05, 0.1) is 5.52 Å². The summed E-state index contributed by atoms with van der Waals surface area (Å²) in [6.45, 7) is 0. The van der Waals surface area contributed by atoms with E-state index in [1.807, 2.05) is 0 Å². The molecule has 2 nitrogen and oxygen atoms in total. The fraction of sp³-hybridized carbons (Fsp3) is 0. The first-order valence-corrected chi connectivity index (χ1v) is 6.82. The van der Waals surface area contributed by atoms with Gasteiger partial charge in [-0.1, -0.05) is 42.5 Å². The van der Waals surface area contributed by atoms with Gasteiger partial charge in [0.25, 0.3) is 0 Å². The highest BCUT2D eigenvalue weighted by atomic mass is 14.7. The Labute approximate surface area is 115 Å². The summed E-state index contributed by atoms with van der Waals surface area (Å²) < 4.78 is 0. The van der Waals surface area contributed by atoms with Crippen molar-refractivity contribution >= 4 is 43.6 Å². The molecule has 2 aromatic heterocycles. The molecule has 0 saturated carbocycles. The van der Waals surface area contributed by atoms with Gasteiger partial charge in [0.1, 0.15) is 0 Å². The molecule has 0 atom stereocenters. The largest absolute Gasteiger partial charge is 0.354 e. The minimum absolute atomic E-state index is 1.19. The van der Waals surface area contributed by atoms with E-state index in [0.29, 0.717) is 0 Å². The maximum Gasteiger partial charge on any atom is 0.0566 e. The van der Waals surface area contributed by atoms with E-state index in [1.165, 1.54) is 43.6 Å². The van der Waals surface area contributed by atoms with Crippen LogP contribution in [0.4, 0.5) is 0 Å². The average Bonchev–Trinajstić information content (AvgIpc) is 3.04. The molecule has 0 amide bonds. The van der Waals surface area contributed by atoms with Gasteiger partial charge in [0, 0.05) is 38.1 Å². The summed E-state index contributed by atoms with van der Waals surface area (Å²) in [6.07, 6.45) is 0. The molecule has 0 unspecified atom stereocenters. The number of fused-ring (bicyclic) bond motifs is 7. The van der Waals surface area contributed by atoms with E-state index in [-0.39, 0.29) is 0 Å². The van der Waals surface area contributed by atoms with Gasteiger partial charge in [-0.15, -0.1) is 0 Å². The van der Waals surface area contributed by atoms with Gasteiger partial charge in [0.2, 0.25) is 0 Å². The Morgan fingerprint density at radius 3 is 2.05 bits per heavy atom. The lowest BCUT2D eigenvalue weighted by atomic mass is 10.1. The number of rotatable bonds is 0. The molecule has 3 aromatic carbocycles. The van der Waals surface area contributed by atoms with Crippen LogP contribution < -0.4 is 0 Å². The zero-order valence-corrected chi connectivity index (χ0v) is 10.8. The second-order valence-electron chi connectivity index (χ2n) is 5.25. The van der Waals surface area contributed by atoms with Crippen molar-refractivity contribution in [2.45, 2.75) is 0 Å². The van der Waals surface area contributed by atoms with Crippen LogP contribution in [0.1, 0.15) is 0 Å². The quantitative estimate of drug-likeness (QED) is 0.392. The topological polar surface area (TPSA) is 31.6 Å². The number of aromatic amines is 2. The van der Waals surface area contributed by atoms with Crippen LogP contribution in [-0.2, 0) is 0 Å². The Kier molecular flexibility index (Phi) is 1.73. The third kappa shape index (κ3) is 1.14. The van der Waals surface area contributed by atoms with Crippen molar-refractivity contribution in [1.29, 1.82) is 0 Å². The Morgan fingerprint density at radius 1 is 0.500 bits per heavy atom. The van der Waals surface area contributed by atoms with E-state index in [0.717, 1.165) is 0 Å². The van der Waals surface area contributed by atoms with E-state index in [2.05, 4.69) is 70.6 Å². The fourth-order valence-corrected chi connectivity index (χ4v) is 3.26. The van der Waals surface area contributed by atoms with Crippen molar-refractivity contribution in [1.82, 2.24) is 9.97 Å². The van der Waals surface area contributed by atoms with Crippen molar-refractivity contribution in [3.8, 4) is 0 Å².